The van der Waals surface area contributed by atoms with E-state index in [1.165, 1.54) is 6.42 Å². The highest BCUT2D eigenvalue weighted by atomic mass is 16.1. The molecular formula is C10H17NO. The lowest BCUT2D eigenvalue weighted by Crippen LogP contribution is -2.43. The number of rotatable bonds is 0. The Hall–Kier alpha value is -0.370. The quantitative estimate of drug-likeness (QED) is 0.544. The monoisotopic (exact) mass is 167 g/mol. The van der Waals surface area contributed by atoms with Gasteiger partial charge in [-0.25, -0.2) is 0 Å². The summed E-state index contributed by atoms with van der Waals surface area (Å²) in [6, 6.07) is 1.04. The third kappa shape index (κ3) is 1.01. The Bertz CT molecular complexity index is 222. The number of piperidine rings is 1. The molecule has 2 unspecified atom stereocenters. The number of Topliss-reactive ketones (excluding diaryl/α,β-unsaturated/α-hetero) is 1. The van der Waals surface area contributed by atoms with Crippen molar-refractivity contribution < 1.29 is 4.79 Å². The molecule has 0 N–H and O–H groups in total. The molecule has 2 fully saturated rings. The van der Waals surface area contributed by atoms with Gasteiger partial charge in [-0.2, -0.15) is 0 Å². The molecule has 0 saturated carbocycles. The zero-order valence-corrected chi connectivity index (χ0v) is 8.13. The van der Waals surface area contributed by atoms with Crippen molar-refractivity contribution in [1.29, 1.82) is 0 Å². The van der Waals surface area contributed by atoms with Crippen molar-refractivity contribution in [1.82, 2.24) is 4.90 Å². The summed E-state index contributed by atoms with van der Waals surface area (Å²) in [6.45, 7) is 4.57. The number of carbonyl (C=O) groups is 1. The maximum absolute atomic E-state index is 11.3. The minimum atomic E-state index is 0.353. The highest BCUT2D eigenvalue weighted by molar-refractivity contribution is 5.81. The highest BCUT2D eigenvalue weighted by Gasteiger charge is 2.48. The first-order chi connectivity index (χ1) is 5.50. The summed E-state index contributed by atoms with van der Waals surface area (Å²) < 4.78 is 0. The minimum Gasteiger partial charge on any atom is -0.300 e. The van der Waals surface area contributed by atoms with Crippen LogP contribution in [0, 0.1) is 5.41 Å². The van der Waals surface area contributed by atoms with Crippen LogP contribution in [0.2, 0.25) is 0 Å². The normalized spacial score (nSPS) is 40.4. The maximum atomic E-state index is 11.3. The van der Waals surface area contributed by atoms with Crippen molar-refractivity contribution in [3.8, 4) is 0 Å². The second-order valence-electron chi connectivity index (χ2n) is 4.97. The molecular weight excluding hydrogens is 150 g/mol. The van der Waals surface area contributed by atoms with E-state index in [2.05, 4.69) is 25.8 Å². The molecule has 2 nitrogen and oxygen atoms in total. The fourth-order valence-electron chi connectivity index (χ4n) is 2.89. The fraction of sp³-hybridized carbons (Fsp3) is 0.900. The molecule has 68 valence electrons. The standard InChI is InChI=1S/C10H17NO/c1-10(2)6-7-4-8(12)5-9(10)11(7)3/h7,9H,4-6H2,1-3H3. The number of carbonyl (C=O) groups excluding carboxylic acids is 1. The predicted molar refractivity (Wildman–Crippen MR) is 48.0 cm³/mol. The Labute approximate surface area is 73.9 Å². The van der Waals surface area contributed by atoms with E-state index in [1.807, 2.05) is 0 Å². The van der Waals surface area contributed by atoms with Crippen LogP contribution < -0.4 is 0 Å². The van der Waals surface area contributed by atoms with Gasteiger partial charge in [0.25, 0.3) is 0 Å². The van der Waals surface area contributed by atoms with Crippen molar-refractivity contribution >= 4 is 5.78 Å². The number of hydrogen-bond donors (Lipinski definition) is 0. The Morgan fingerprint density at radius 1 is 1.42 bits per heavy atom. The molecule has 0 amide bonds. The van der Waals surface area contributed by atoms with Gasteiger partial charge in [0.05, 0.1) is 0 Å². The number of nitrogens with zero attached hydrogens (tertiary/aromatic N) is 1. The van der Waals surface area contributed by atoms with Crippen LogP contribution in [0.5, 0.6) is 0 Å². The van der Waals surface area contributed by atoms with E-state index in [0.29, 0.717) is 23.3 Å². The molecule has 2 heteroatoms. The van der Waals surface area contributed by atoms with E-state index in [1.54, 1.807) is 0 Å². The first-order valence-corrected chi connectivity index (χ1v) is 4.74. The van der Waals surface area contributed by atoms with Crippen LogP contribution >= 0.6 is 0 Å². The van der Waals surface area contributed by atoms with Gasteiger partial charge in [-0.15, -0.1) is 0 Å². The molecule has 2 aliphatic heterocycles. The SMILES string of the molecule is CN1C2CC(=O)CC1C(C)(C)C2. The number of ketones is 1. The Kier molecular flexibility index (Phi) is 1.59. The summed E-state index contributed by atoms with van der Waals surface area (Å²) in [4.78, 5) is 13.7. The molecule has 0 aromatic rings. The van der Waals surface area contributed by atoms with Crippen LogP contribution in [0.15, 0.2) is 0 Å². The van der Waals surface area contributed by atoms with Crippen molar-refractivity contribution in [2.75, 3.05) is 7.05 Å². The van der Waals surface area contributed by atoms with Gasteiger partial charge >= 0.3 is 0 Å². The Morgan fingerprint density at radius 3 is 2.67 bits per heavy atom. The van der Waals surface area contributed by atoms with Crippen molar-refractivity contribution in [2.45, 2.75) is 45.2 Å². The highest BCUT2D eigenvalue weighted by Crippen LogP contribution is 2.45. The molecule has 0 radical (unpaired) electrons. The zero-order chi connectivity index (χ0) is 8.93. The van der Waals surface area contributed by atoms with Gasteiger partial charge in [-0.05, 0) is 18.9 Å². The summed E-state index contributed by atoms with van der Waals surface area (Å²) in [7, 11) is 2.16. The predicted octanol–water partition coefficient (Wildman–Crippen LogP) is 1.45. The van der Waals surface area contributed by atoms with E-state index in [0.717, 1.165) is 12.8 Å². The second kappa shape index (κ2) is 2.32. The van der Waals surface area contributed by atoms with Crippen LogP contribution in [0.25, 0.3) is 0 Å². The zero-order valence-electron chi connectivity index (χ0n) is 8.13. The van der Waals surface area contributed by atoms with E-state index < -0.39 is 0 Å². The Morgan fingerprint density at radius 2 is 2.08 bits per heavy atom. The summed E-state index contributed by atoms with van der Waals surface area (Å²) in [5, 5.41) is 0. The number of hydrogen-bond acceptors (Lipinski definition) is 2. The van der Waals surface area contributed by atoms with Gasteiger partial charge < -0.3 is 0 Å². The van der Waals surface area contributed by atoms with Crippen molar-refractivity contribution in [2.24, 2.45) is 5.41 Å². The molecule has 2 atom stereocenters. The first-order valence-electron chi connectivity index (χ1n) is 4.74. The molecule has 0 spiro atoms. The molecule has 2 heterocycles. The van der Waals surface area contributed by atoms with E-state index in [9.17, 15) is 4.79 Å². The van der Waals surface area contributed by atoms with Crippen LogP contribution in [0.4, 0.5) is 0 Å². The van der Waals surface area contributed by atoms with Crippen molar-refractivity contribution in [3.05, 3.63) is 0 Å². The van der Waals surface area contributed by atoms with E-state index >= 15 is 0 Å². The summed E-state index contributed by atoms with van der Waals surface area (Å²) in [6.07, 6.45) is 2.76. The van der Waals surface area contributed by atoms with Crippen LogP contribution in [-0.2, 0) is 4.79 Å². The number of fused-ring (bicyclic) bond motifs is 2. The summed E-state index contributed by atoms with van der Waals surface area (Å²) in [5.74, 6) is 0.466. The van der Waals surface area contributed by atoms with Crippen molar-refractivity contribution in [3.63, 3.8) is 0 Å². The average Bonchev–Trinajstić information content (AvgIpc) is 2.12. The lowest BCUT2D eigenvalue weighted by Gasteiger charge is -2.33. The van der Waals surface area contributed by atoms with Gasteiger partial charge in [0.15, 0.2) is 0 Å². The van der Waals surface area contributed by atoms with Gasteiger partial charge in [0, 0.05) is 24.9 Å². The molecule has 2 bridgehead atoms. The molecule has 2 saturated heterocycles. The van der Waals surface area contributed by atoms with E-state index in [-0.39, 0.29) is 0 Å². The van der Waals surface area contributed by atoms with Gasteiger partial charge in [-0.1, -0.05) is 13.8 Å². The van der Waals surface area contributed by atoms with Crippen LogP contribution in [-0.4, -0.2) is 29.8 Å². The van der Waals surface area contributed by atoms with Crippen LogP contribution in [0.1, 0.15) is 33.1 Å². The second-order valence-corrected chi connectivity index (χ2v) is 4.97. The van der Waals surface area contributed by atoms with Crippen LogP contribution in [0.3, 0.4) is 0 Å². The molecule has 12 heavy (non-hydrogen) atoms. The molecule has 2 rings (SSSR count). The Balaban J connectivity index is 2.27. The smallest absolute Gasteiger partial charge is 0.136 e. The first kappa shape index (κ1) is 8.24. The van der Waals surface area contributed by atoms with Gasteiger partial charge in [0.2, 0.25) is 0 Å². The topological polar surface area (TPSA) is 20.3 Å². The molecule has 0 aromatic carbocycles. The fourth-order valence-corrected chi connectivity index (χ4v) is 2.89. The molecule has 0 aromatic heterocycles. The summed E-state index contributed by atoms with van der Waals surface area (Å²) in [5.41, 5.74) is 0.353. The third-order valence-corrected chi connectivity index (χ3v) is 3.62. The lowest BCUT2D eigenvalue weighted by atomic mass is 9.83. The van der Waals surface area contributed by atoms with E-state index in [4.69, 9.17) is 0 Å². The summed E-state index contributed by atoms with van der Waals surface area (Å²) >= 11 is 0. The molecule has 0 aliphatic carbocycles. The van der Waals surface area contributed by atoms with Gasteiger partial charge in [-0.3, -0.25) is 9.69 Å². The minimum absolute atomic E-state index is 0.353. The maximum Gasteiger partial charge on any atom is 0.136 e. The van der Waals surface area contributed by atoms with Gasteiger partial charge in [0.1, 0.15) is 5.78 Å². The lowest BCUT2D eigenvalue weighted by molar-refractivity contribution is -0.123. The largest absolute Gasteiger partial charge is 0.300 e. The molecule has 2 aliphatic rings. The average molecular weight is 167 g/mol. The third-order valence-electron chi connectivity index (χ3n) is 3.62.